The Labute approximate surface area is 111 Å². The van der Waals surface area contributed by atoms with Crippen molar-refractivity contribution in [2.45, 2.75) is 32.3 Å². The van der Waals surface area contributed by atoms with Crippen molar-refractivity contribution < 1.29 is 4.74 Å². The predicted molar refractivity (Wildman–Crippen MR) is 66.0 cm³/mol. The van der Waals surface area contributed by atoms with E-state index in [0.29, 0.717) is 23.4 Å². The summed E-state index contributed by atoms with van der Waals surface area (Å²) < 4.78 is 5.67. The van der Waals surface area contributed by atoms with Gasteiger partial charge in [-0.15, -0.1) is 0 Å². The lowest BCUT2D eigenvalue weighted by atomic mass is 9.93. The molecule has 0 bridgehead atoms. The normalized spacial score (nSPS) is 19.0. The van der Waals surface area contributed by atoms with Crippen molar-refractivity contribution in [2.24, 2.45) is 0 Å². The number of hydrogen-bond acceptors (Lipinski definition) is 4. The number of nitrogens with zero attached hydrogens (tertiary/aromatic N) is 3. The van der Waals surface area contributed by atoms with Crippen LogP contribution in [0.2, 0.25) is 5.15 Å². The molecular weight excluding hydrogens is 250 g/mol. The van der Waals surface area contributed by atoms with E-state index in [1.54, 1.807) is 6.92 Å². The molecule has 0 aliphatic carbocycles. The first-order valence-electron chi connectivity index (χ1n) is 5.80. The third-order valence-electron chi connectivity index (χ3n) is 3.10. The summed E-state index contributed by atoms with van der Waals surface area (Å²) in [6, 6.07) is 4.15. The summed E-state index contributed by atoms with van der Waals surface area (Å²) in [6.45, 7) is 2.37. The third-order valence-corrected chi connectivity index (χ3v) is 3.37. The molecule has 2 rings (SSSR count). The molecule has 92 valence electrons. The van der Waals surface area contributed by atoms with E-state index in [4.69, 9.17) is 16.3 Å². The van der Waals surface area contributed by atoms with Crippen molar-refractivity contribution in [3.63, 3.8) is 0 Å². The van der Waals surface area contributed by atoms with Crippen LogP contribution in [0.15, 0.2) is 0 Å². The smallest absolute Gasteiger partial charge is 0.147 e. The molecule has 0 aromatic carbocycles. The maximum atomic E-state index is 9.24. The SMILES string of the molecule is Cc1nc(Cl)c(C#N)c(C2CCCCO2)c1C#N. The zero-order valence-corrected chi connectivity index (χ0v) is 10.8. The first-order valence-corrected chi connectivity index (χ1v) is 6.18. The van der Waals surface area contributed by atoms with Crippen LogP contribution < -0.4 is 0 Å². The van der Waals surface area contributed by atoms with Gasteiger partial charge in [0.2, 0.25) is 0 Å². The average molecular weight is 262 g/mol. The number of pyridine rings is 1. The highest BCUT2D eigenvalue weighted by Gasteiger charge is 2.26. The molecule has 1 saturated heterocycles. The minimum absolute atomic E-state index is 0.151. The zero-order valence-electron chi connectivity index (χ0n) is 10.0. The second-order valence-electron chi connectivity index (χ2n) is 4.23. The van der Waals surface area contributed by atoms with Gasteiger partial charge in [0.1, 0.15) is 17.3 Å². The molecule has 0 spiro atoms. The molecule has 0 amide bonds. The Morgan fingerprint density at radius 1 is 1.28 bits per heavy atom. The van der Waals surface area contributed by atoms with Crippen molar-refractivity contribution in [1.29, 1.82) is 10.5 Å². The standard InChI is InChI=1S/C13H12ClN3O/c1-8-9(6-15)12(10(7-16)13(14)17-8)11-4-2-3-5-18-11/h11H,2-5H2,1H3. The summed E-state index contributed by atoms with van der Waals surface area (Å²) >= 11 is 5.98. The van der Waals surface area contributed by atoms with E-state index in [9.17, 15) is 10.5 Å². The molecule has 0 N–H and O–H groups in total. The van der Waals surface area contributed by atoms with Gasteiger partial charge in [-0.1, -0.05) is 11.6 Å². The number of halogens is 1. The van der Waals surface area contributed by atoms with E-state index in [0.717, 1.165) is 19.3 Å². The molecule has 1 aromatic heterocycles. The minimum Gasteiger partial charge on any atom is -0.373 e. The van der Waals surface area contributed by atoms with Crippen LogP contribution in [0.4, 0.5) is 0 Å². The number of aryl methyl sites for hydroxylation is 1. The van der Waals surface area contributed by atoms with Crippen LogP contribution in [-0.2, 0) is 4.74 Å². The number of aromatic nitrogens is 1. The van der Waals surface area contributed by atoms with E-state index in [1.165, 1.54) is 0 Å². The van der Waals surface area contributed by atoms with Crippen molar-refractivity contribution in [2.75, 3.05) is 6.61 Å². The second-order valence-corrected chi connectivity index (χ2v) is 4.59. The van der Waals surface area contributed by atoms with Crippen LogP contribution in [0.3, 0.4) is 0 Å². The van der Waals surface area contributed by atoms with Gasteiger partial charge in [-0.05, 0) is 26.2 Å². The summed E-state index contributed by atoms with van der Waals surface area (Å²) in [4.78, 5) is 4.04. The summed E-state index contributed by atoms with van der Waals surface area (Å²) in [5.74, 6) is 0. The highest BCUT2D eigenvalue weighted by molar-refractivity contribution is 6.30. The summed E-state index contributed by atoms with van der Waals surface area (Å²) in [5.41, 5.74) is 1.84. The molecule has 4 nitrogen and oxygen atoms in total. The van der Waals surface area contributed by atoms with Gasteiger partial charge in [0.15, 0.2) is 0 Å². The number of nitriles is 2. The molecular formula is C13H12ClN3O. The topological polar surface area (TPSA) is 69.7 Å². The minimum atomic E-state index is -0.220. The predicted octanol–water partition coefficient (Wildman–Crippen LogP) is 3.03. The largest absolute Gasteiger partial charge is 0.373 e. The second kappa shape index (κ2) is 5.35. The van der Waals surface area contributed by atoms with Gasteiger partial charge in [-0.3, -0.25) is 0 Å². The fourth-order valence-corrected chi connectivity index (χ4v) is 2.50. The highest BCUT2D eigenvalue weighted by Crippen LogP contribution is 2.35. The van der Waals surface area contributed by atoms with Crippen LogP contribution in [0.5, 0.6) is 0 Å². The molecule has 18 heavy (non-hydrogen) atoms. The van der Waals surface area contributed by atoms with Gasteiger partial charge in [0.05, 0.1) is 22.9 Å². The van der Waals surface area contributed by atoms with E-state index in [1.807, 2.05) is 6.07 Å². The van der Waals surface area contributed by atoms with E-state index in [-0.39, 0.29) is 16.8 Å². The van der Waals surface area contributed by atoms with Crippen LogP contribution in [0.1, 0.15) is 47.8 Å². The lowest BCUT2D eigenvalue weighted by Gasteiger charge is -2.25. The Morgan fingerprint density at radius 3 is 2.56 bits per heavy atom. The van der Waals surface area contributed by atoms with Crippen molar-refractivity contribution in [3.8, 4) is 12.1 Å². The number of hydrogen-bond donors (Lipinski definition) is 0. The van der Waals surface area contributed by atoms with Gasteiger partial charge >= 0.3 is 0 Å². The maximum absolute atomic E-state index is 9.24. The summed E-state index contributed by atoms with van der Waals surface area (Å²) in [6.07, 6.45) is 2.63. The third kappa shape index (κ3) is 2.18. The Balaban J connectivity index is 2.62. The molecule has 1 aromatic rings. The summed E-state index contributed by atoms with van der Waals surface area (Å²) in [5, 5.41) is 18.6. The molecule has 1 unspecified atom stereocenters. The highest BCUT2D eigenvalue weighted by atomic mass is 35.5. The lowest BCUT2D eigenvalue weighted by Crippen LogP contribution is -2.16. The fraction of sp³-hybridized carbons (Fsp3) is 0.462. The van der Waals surface area contributed by atoms with Gasteiger partial charge in [-0.2, -0.15) is 10.5 Å². The molecule has 1 fully saturated rings. The van der Waals surface area contributed by atoms with Gasteiger partial charge in [0, 0.05) is 12.2 Å². The van der Waals surface area contributed by atoms with E-state index in [2.05, 4.69) is 11.1 Å². The Kier molecular flexibility index (Phi) is 3.81. The molecule has 0 saturated carbocycles. The van der Waals surface area contributed by atoms with E-state index >= 15 is 0 Å². The first-order chi connectivity index (χ1) is 8.69. The van der Waals surface area contributed by atoms with Crippen molar-refractivity contribution >= 4 is 11.6 Å². The first kappa shape index (κ1) is 12.8. The van der Waals surface area contributed by atoms with Crippen molar-refractivity contribution in [3.05, 3.63) is 27.5 Å². The van der Waals surface area contributed by atoms with Crippen LogP contribution in [0.25, 0.3) is 0 Å². The Hall–Kier alpha value is -1.62. The molecule has 0 radical (unpaired) electrons. The summed E-state index contributed by atoms with van der Waals surface area (Å²) in [7, 11) is 0. The Morgan fingerprint density at radius 2 is 2.00 bits per heavy atom. The molecule has 1 aliphatic rings. The van der Waals surface area contributed by atoms with E-state index < -0.39 is 0 Å². The quantitative estimate of drug-likeness (QED) is 0.729. The Bertz CT molecular complexity index is 513. The number of ether oxygens (including phenoxy) is 1. The molecule has 1 aliphatic heterocycles. The fourth-order valence-electron chi connectivity index (χ4n) is 2.23. The molecule has 2 heterocycles. The van der Waals surface area contributed by atoms with Crippen LogP contribution in [-0.4, -0.2) is 11.6 Å². The van der Waals surface area contributed by atoms with Gasteiger partial charge < -0.3 is 4.74 Å². The van der Waals surface area contributed by atoms with Gasteiger partial charge in [0.25, 0.3) is 0 Å². The van der Waals surface area contributed by atoms with Crippen LogP contribution in [0, 0.1) is 29.6 Å². The van der Waals surface area contributed by atoms with Crippen LogP contribution >= 0.6 is 11.6 Å². The lowest BCUT2D eigenvalue weighted by molar-refractivity contribution is 0.0145. The average Bonchev–Trinajstić information content (AvgIpc) is 2.39. The monoisotopic (exact) mass is 261 g/mol. The van der Waals surface area contributed by atoms with Gasteiger partial charge in [-0.25, -0.2) is 4.98 Å². The van der Waals surface area contributed by atoms with Crippen molar-refractivity contribution in [1.82, 2.24) is 4.98 Å². The maximum Gasteiger partial charge on any atom is 0.147 e. The zero-order chi connectivity index (χ0) is 13.1. The molecule has 5 heteroatoms. The molecule has 1 atom stereocenters. The number of rotatable bonds is 1.